The zero-order valence-corrected chi connectivity index (χ0v) is 36.9. The van der Waals surface area contributed by atoms with Gasteiger partial charge in [0.1, 0.15) is 0 Å². The second-order valence-electron chi connectivity index (χ2n) is 17.3. The quantitative estimate of drug-likeness (QED) is 0.121. The smallest absolute Gasteiger partial charge is 0.241 e. The summed E-state index contributed by atoms with van der Waals surface area (Å²) in [5.41, 5.74) is 15.9. The van der Waals surface area contributed by atoms with Gasteiger partial charge in [-0.25, -0.2) is 0 Å². The second kappa shape index (κ2) is 15.5. The van der Waals surface area contributed by atoms with Crippen LogP contribution in [-0.4, -0.2) is 12.0 Å². The number of nitrogens with zero attached hydrogens (tertiary/aromatic N) is 1. The van der Waals surface area contributed by atoms with E-state index < -0.39 is 0 Å². The Morgan fingerprint density at radius 1 is 0.531 bits per heavy atom. The average Bonchev–Trinajstić information content (AvgIpc) is 3.36. The molecule has 0 saturated heterocycles. The van der Waals surface area contributed by atoms with Gasteiger partial charge in [-0.2, -0.15) is 0 Å². The van der Waals surface area contributed by atoms with Gasteiger partial charge >= 0.3 is 0 Å². The topological polar surface area (TPSA) is 3.24 Å². The largest absolute Gasteiger partial charge is 0.310 e. The molecule has 64 heavy (non-hydrogen) atoms. The Balaban J connectivity index is 0.960. The third kappa shape index (κ3) is 6.19. The molecule has 1 atom stereocenters. The van der Waals surface area contributed by atoms with Gasteiger partial charge in [0.05, 0.1) is 0 Å². The van der Waals surface area contributed by atoms with Gasteiger partial charge in [-0.3, -0.25) is 0 Å². The highest BCUT2D eigenvalue weighted by molar-refractivity contribution is 8.05. The highest BCUT2D eigenvalue weighted by atomic mass is 32.2. The van der Waals surface area contributed by atoms with Gasteiger partial charge in [-0.15, -0.1) is 11.8 Å². The summed E-state index contributed by atoms with van der Waals surface area (Å²) < 4.78 is 0. The van der Waals surface area contributed by atoms with Crippen LogP contribution in [0.3, 0.4) is 0 Å². The minimum absolute atomic E-state index is 0.269. The summed E-state index contributed by atoms with van der Waals surface area (Å²) in [5, 5.41) is 8.20. The number of thioether (sulfide) groups is 2. The first-order valence-corrected chi connectivity index (χ1v) is 24.2. The summed E-state index contributed by atoms with van der Waals surface area (Å²) >= 11 is 4.14. The first kappa shape index (κ1) is 37.8. The van der Waals surface area contributed by atoms with E-state index in [1.54, 1.807) is 10.4 Å². The molecule has 13 rings (SSSR count). The SMILES string of the molecule is C1=CC2=C(CC1)SC1CC(c3c4ccccc4c(-c4ccc(-c5cccc6ccccc56)cc4)c4ccccc34)=CC3=C1B2c1ccc(N(c2ccccc2)c2ccccc2)cc1S3. The van der Waals surface area contributed by atoms with E-state index in [1.165, 1.54) is 92.1 Å². The van der Waals surface area contributed by atoms with Gasteiger partial charge in [-0.1, -0.05) is 198 Å². The molecule has 0 spiro atoms. The van der Waals surface area contributed by atoms with Crippen LogP contribution in [0.25, 0.3) is 60.1 Å². The zero-order valence-electron chi connectivity index (χ0n) is 35.2. The van der Waals surface area contributed by atoms with Crippen LogP contribution < -0.4 is 10.4 Å². The zero-order chi connectivity index (χ0) is 42.1. The molecule has 0 N–H and O–H groups in total. The number of allylic oxidation sites excluding steroid dienone is 6. The van der Waals surface area contributed by atoms with Crippen molar-refractivity contribution in [2.75, 3.05) is 4.90 Å². The Labute approximate surface area is 383 Å². The van der Waals surface area contributed by atoms with Crippen LogP contribution >= 0.6 is 23.5 Å². The first-order valence-electron chi connectivity index (χ1n) is 22.5. The van der Waals surface area contributed by atoms with Gasteiger partial charge in [0.2, 0.25) is 6.71 Å². The van der Waals surface area contributed by atoms with Crippen molar-refractivity contribution in [3.05, 3.63) is 239 Å². The van der Waals surface area contributed by atoms with Crippen molar-refractivity contribution in [2.24, 2.45) is 0 Å². The fourth-order valence-corrected chi connectivity index (χ4v) is 13.9. The van der Waals surface area contributed by atoms with Crippen LogP contribution in [0.1, 0.15) is 24.8 Å². The molecule has 0 aromatic heterocycles. The van der Waals surface area contributed by atoms with Crippen LogP contribution in [0.5, 0.6) is 0 Å². The summed E-state index contributed by atoms with van der Waals surface area (Å²) in [5.74, 6) is 0. The Morgan fingerprint density at radius 3 is 1.84 bits per heavy atom. The molecule has 9 aromatic carbocycles. The minimum atomic E-state index is 0.269. The molecule has 0 radical (unpaired) electrons. The lowest BCUT2D eigenvalue weighted by molar-refractivity contribution is 0.987. The standard InChI is InChI=1S/C60H42BNS2/c1-3-18-43(19-4-1)62(44-20-5-2-6-21-44)45-34-35-53-55(38-45)64-57-37-42(36-56-60(57)61(53)52-28-13-14-29-54(52)63-56)59-50-25-11-9-23-48(50)58(49-24-10-12-26-51(49)59)41-32-30-40(31-33-41)47-27-15-17-39-16-7-8-22-46(39)47/h1-13,15-28,30-35,37-38,56H,14,29,36H2. The highest BCUT2D eigenvalue weighted by Gasteiger charge is 2.45. The van der Waals surface area contributed by atoms with Crippen molar-refractivity contribution < 1.29 is 0 Å². The predicted octanol–water partition coefficient (Wildman–Crippen LogP) is 16.3. The van der Waals surface area contributed by atoms with E-state index in [2.05, 4.69) is 229 Å². The third-order valence-corrected chi connectivity index (χ3v) is 16.3. The van der Waals surface area contributed by atoms with Crippen molar-refractivity contribution in [2.45, 2.75) is 29.4 Å². The third-order valence-electron chi connectivity index (χ3n) is 13.7. The maximum absolute atomic E-state index is 2.59. The van der Waals surface area contributed by atoms with E-state index in [1.807, 2.05) is 11.8 Å². The van der Waals surface area contributed by atoms with E-state index in [9.17, 15) is 0 Å². The molecule has 4 aliphatic rings. The summed E-state index contributed by atoms with van der Waals surface area (Å²) in [6.07, 6.45) is 10.7. The molecule has 2 heterocycles. The van der Waals surface area contributed by atoms with E-state index >= 15 is 0 Å². The monoisotopic (exact) mass is 851 g/mol. The number of benzene rings is 9. The Hall–Kier alpha value is -6.72. The van der Waals surface area contributed by atoms with Crippen LogP contribution in [-0.2, 0) is 0 Å². The minimum Gasteiger partial charge on any atom is -0.310 e. The molecule has 0 bridgehead atoms. The number of hydrogen-bond acceptors (Lipinski definition) is 3. The molecule has 302 valence electrons. The van der Waals surface area contributed by atoms with E-state index in [4.69, 9.17) is 0 Å². The maximum Gasteiger partial charge on any atom is 0.241 e. The lowest BCUT2D eigenvalue weighted by atomic mass is 9.33. The van der Waals surface area contributed by atoms with Crippen LogP contribution in [0.15, 0.2) is 238 Å². The molecule has 1 unspecified atom stereocenters. The van der Waals surface area contributed by atoms with Crippen LogP contribution in [0, 0.1) is 0 Å². The molecule has 0 saturated carbocycles. The summed E-state index contributed by atoms with van der Waals surface area (Å²) in [4.78, 5) is 6.75. The van der Waals surface area contributed by atoms with Crippen molar-refractivity contribution >= 4 is 90.7 Å². The van der Waals surface area contributed by atoms with Crippen molar-refractivity contribution in [1.82, 2.24) is 0 Å². The second-order valence-corrected chi connectivity index (χ2v) is 19.7. The number of rotatable bonds is 6. The highest BCUT2D eigenvalue weighted by Crippen LogP contribution is 2.55. The van der Waals surface area contributed by atoms with Crippen molar-refractivity contribution in [3.63, 3.8) is 0 Å². The fraction of sp³-hybridized carbons (Fsp3) is 0.0667. The normalized spacial score (nSPS) is 16.5. The maximum atomic E-state index is 2.59. The summed E-state index contributed by atoms with van der Waals surface area (Å²) in [6.45, 7) is 0.269. The first-order chi connectivity index (χ1) is 31.7. The lowest BCUT2D eigenvalue weighted by Gasteiger charge is -2.42. The van der Waals surface area contributed by atoms with Crippen molar-refractivity contribution in [3.8, 4) is 22.3 Å². The number of anilines is 3. The number of hydrogen-bond donors (Lipinski definition) is 0. The number of para-hydroxylation sites is 2. The molecule has 0 fully saturated rings. The predicted molar refractivity (Wildman–Crippen MR) is 279 cm³/mol. The van der Waals surface area contributed by atoms with Gasteiger partial charge in [0, 0.05) is 32.1 Å². The average molecular weight is 852 g/mol. The molecular formula is C60H42BNS2. The Morgan fingerprint density at radius 2 is 1.14 bits per heavy atom. The van der Waals surface area contributed by atoms with Gasteiger partial charge in [0.25, 0.3) is 0 Å². The van der Waals surface area contributed by atoms with Gasteiger partial charge in [-0.05, 0) is 132 Å². The molecule has 9 aromatic rings. The molecule has 2 aliphatic heterocycles. The van der Waals surface area contributed by atoms with Crippen LogP contribution in [0.4, 0.5) is 17.1 Å². The molecular weight excluding hydrogens is 810 g/mol. The van der Waals surface area contributed by atoms with Crippen molar-refractivity contribution in [1.29, 1.82) is 0 Å². The summed E-state index contributed by atoms with van der Waals surface area (Å²) in [6, 6.07) is 71.8. The van der Waals surface area contributed by atoms with Gasteiger partial charge in [0.15, 0.2) is 0 Å². The number of fused-ring (bicyclic) bond motifs is 6. The van der Waals surface area contributed by atoms with Gasteiger partial charge < -0.3 is 4.90 Å². The molecule has 1 nitrogen and oxygen atoms in total. The Bertz CT molecular complexity index is 3370. The van der Waals surface area contributed by atoms with Crippen LogP contribution in [0.2, 0.25) is 0 Å². The molecule has 2 aliphatic carbocycles. The molecule has 0 amide bonds. The van der Waals surface area contributed by atoms with E-state index in [0.29, 0.717) is 5.25 Å². The van der Waals surface area contributed by atoms with E-state index in [-0.39, 0.29) is 6.71 Å². The summed E-state index contributed by atoms with van der Waals surface area (Å²) in [7, 11) is 0. The lowest BCUT2D eigenvalue weighted by Crippen LogP contribution is -2.45. The van der Waals surface area contributed by atoms with E-state index in [0.717, 1.165) is 30.6 Å². The fourth-order valence-electron chi connectivity index (χ4n) is 11.0. The Kier molecular flexibility index (Phi) is 9.17. The molecule has 4 heteroatoms.